The second-order valence-electron chi connectivity index (χ2n) is 5.48. The minimum Gasteiger partial charge on any atom is -0.354 e. The van der Waals surface area contributed by atoms with Gasteiger partial charge in [0.15, 0.2) is 0 Å². The summed E-state index contributed by atoms with van der Waals surface area (Å²) in [5.41, 5.74) is 0. The average Bonchev–Trinajstić information content (AvgIpc) is 2.27. The van der Waals surface area contributed by atoms with Gasteiger partial charge < -0.3 is 15.5 Å². The third-order valence-corrected chi connectivity index (χ3v) is 3.29. The van der Waals surface area contributed by atoms with Crippen molar-refractivity contribution in [2.45, 2.75) is 38.6 Å². The van der Waals surface area contributed by atoms with E-state index in [4.69, 9.17) is 0 Å². The summed E-state index contributed by atoms with van der Waals surface area (Å²) in [4.78, 5) is 14.0. The Kier molecular flexibility index (Phi) is 6.52. The zero-order chi connectivity index (χ0) is 12.7. The smallest absolute Gasteiger partial charge is 0.220 e. The molecule has 1 rings (SSSR count). The van der Waals surface area contributed by atoms with E-state index in [1.165, 1.54) is 12.8 Å². The molecule has 1 fully saturated rings. The zero-order valence-electron chi connectivity index (χ0n) is 11.5. The van der Waals surface area contributed by atoms with Gasteiger partial charge in [-0.1, -0.05) is 0 Å². The summed E-state index contributed by atoms with van der Waals surface area (Å²) >= 11 is 0. The maximum Gasteiger partial charge on any atom is 0.220 e. The largest absolute Gasteiger partial charge is 0.354 e. The zero-order valence-corrected chi connectivity index (χ0v) is 11.5. The topological polar surface area (TPSA) is 44.4 Å². The summed E-state index contributed by atoms with van der Waals surface area (Å²) in [6.07, 6.45) is 4.08. The predicted molar refractivity (Wildman–Crippen MR) is 71.0 cm³/mol. The van der Waals surface area contributed by atoms with Gasteiger partial charge in [-0.15, -0.1) is 0 Å². The van der Waals surface area contributed by atoms with Crippen LogP contribution in [0.4, 0.5) is 0 Å². The third kappa shape index (κ3) is 6.64. The van der Waals surface area contributed by atoms with E-state index < -0.39 is 0 Å². The highest BCUT2D eigenvalue weighted by atomic mass is 16.1. The van der Waals surface area contributed by atoms with Crippen molar-refractivity contribution in [3.63, 3.8) is 0 Å². The Hall–Kier alpha value is -0.610. The predicted octanol–water partition coefficient (Wildman–Crippen LogP) is 0.833. The van der Waals surface area contributed by atoms with Gasteiger partial charge in [0.25, 0.3) is 0 Å². The summed E-state index contributed by atoms with van der Waals surface area (Å²) in [5, 5.41) is 6.44. The molecule has 1 amide bonds. The number of piperidine rings is 1. The van der Waals surface area contributed by atoms with Crippen LogP contribution in [0.5, 0.6) is 0 Å². The Bertz CT molecular complexity index is 225. The van der Waals surface area contributed by atoms with Crippen molar-refractivity contribution < 1.29 is 4.79 Å². The number of nitrogens with zero attached hydrogens (tertiary/aromatic N) is 1. The van der Waals surface area contributed by atoms with E-state index in [1.54, 1.807) is 0 Å². The highest BCUT2D eigenvalue weighted by Crippen LogP contribution is 2.13. The van der Waals surface area contributed by atoms with E-state index in [1.807, 2.05) is 0 Å². The lowest BCUT2D eigenvalue weighted by atomic mass is 9.96. The van der Waals surface area contributed by atoms with E-state index in [9.17, 15) is 4.79 Å². The number of amides is 1. The minimum atomic E-state index is 0.213. The summed E-state index contributed by atoms with van der Waals surface area (Å²) in [6.45, 7) is 5.21. The minimum absolute atomic E-state index is 0.213. The standard InChI is InChI=1S/C13H27N3O/c1-11(6-8-16(2)3)15-13(17)9-12-5-4-7-14-10-12/h11-12,14H,4-10H2,1-3H3,(H,15,17). The van der Waals surface area contributed by atoms with E-state index in [2.05, 4.69) is 36.6 Å². The molecule has 0 bridgehead atoms. The van der Waals surface area contributed by atoms with E-state index >= 15 is 0 Å². The molecule has 0 radical (unpaired) electrons. The van der Waals surface area contributed by atoms with E-state index in [0.29, 0.717) is 12.3 Å². The highest BCUT2D eigenvalue weighted by Gasteiger charge is 2.17. The van der Waals surface area contributed by atoms with Gasteiger partial charge in [0.05, 0.1) is 0 Å². The highest BCUT2D eigenvalue weighted by molar-refractivity contribution is 5.76. The fraction of sp³-hybridized carbons (Fsp3) is 0.923. The lowest BCUT2D eigenvalue weighted by Gasteiger charge is -2.23. The molecule has 0 saturated carbocycles. The van der Waals surface area contributed by atoms with Crippen LogP contribution in [-0.4, -0.2) is 50.6 Å². The lowest BCUT2D eigenvalue weighted by molar-refractivity contribution is -0.122. The van der Waals surface area contributed by atoms with Gasteiger partial charge >= 0.3 is 0 Å². The van der Waals surface area contributed by atoms with Crippen LogP contribution in [0.2, 0.25) is 0 Å². The fourth-order valence-electron chi connectivity index (χ4n) is 2.22. The van der Waals surface area contributed by atoms with Crippen molar-refractivity contribution in [2.24, 2.45) is 5.92 Å². The van der Waals surface area contributed by atoms with Crippen LogP contribution in [0.25, 0.3) is 0 Å². The van der Waals surface area contributed by atoms with Crippen molar-refractivity contribution in [2.75, 3.05) is 33.7 Å². The second kappa shape index (κ2) is 7.67. The summed E-state index contributed by atoms with van der Waals surface area (Å²) in [5.74, 6) is 0.745. The number of hydrogen-bond donors (Lipinski definition) is 2. The van der Waals surface area contributed by atoms with Gasteiger partial charge in [0, 0.05) is 12.5 Å². The SMILES string of the molecule is CC(CCN(C)C)NC(=O)CC1CCCNC1. The van der Waals surface area contributed by atoms with Crippen LogP contribution in [0, 0.1) is 5.92 Å². The summed E-state index contributed by atoms with van der Waals surface area (Å²) in [6, 6.07) is 0.279. The number of carbonyl (C=O) groups is 1. The van der Waals surface area contributed by atoms with Crippen LogP contribution in [0.3, 0.4) is 0 Å². The Morgan fingerprint density at radius 1 is 1.53 bits per heavy atom. The molecule has 0 spiro atoms. The molecule has 17 heavy (non-hydrogen) atoms. The molecule has 0 aromatic rings. The summed E-state index contributed by atoms with van der Waals surface area (Å²) in [7, 11) is 4.12. The number of carbonyl (C=O) groups excluding carboxylic acids is 1. The van der Waals surface area contributed by atoms with Crippen molar-refractivity contribution in [1.82, 2.24) is 15.5 Å². The summed E-state index contributed by atoms with van der Waals surface area (Å²) < 4.78 is 0. The Morgan fingerprint density at radius 2 is 2.29 bits per heavy atom. The first-order valence-electron chi connectivity index (χ1n) is 6.72. The van der Waals surface area contributed by atoms with Crippen LogP contribution >= 0.6 is 0 Å². The molecule has 1 aliphatic heterocycles. The molecule has 4 nitrogen and oxygen atoms in total. The van der Waals surface area contributed by atoms with E-state index in [0.717, 1.165) is 26.1 Å². The van der Waals surface area contributed by atoms with Crippen LogP contribution in [-0.2, 0) is 4.79 Å². The molecular formula is C13H27N3O. The van der Waals surface area contributed by atoms with Gasteiger partial charge in [-0.3, -0.25) is 4.79 Å². The lowest BCUT2D eigenvalue weighted by Crippen LogP contribution is -2.38. The number of nitrogens with one attached hydrogen (secondary N) is 2. The van der Waals surface area contributed by atoms with Gasteiger partial charge in [-0.2, -0.15) is 0 Å². The molecule has 1 heterocycles. The van der Waals surface area contributed by atoms with Gasteiger partial charge in [-0.25, -0.2) is 0 Å². The quantitative estimate of drug-likeness (QED) is 0.724. The normalized spacial score (nSPS) is 22.5. The first-order valence-corrected chi connectivity index (χ1v) is 6.72. The first-order chi connectivity index (χ1) is 8.08. The molecule has 1 aliphatic rings. The molecule has 1 saturated heterocycles. The molecule has 0 aliphatic carbocycles. The second-order valence-corrected chi connectivity index (χ2v) is 5.48. The van der Waals surface area contributed by atoms with Crippen molar-refractivity contribution >= 4 is 5.91 Å². The van der Waals surface area contributed by atoms with E-state index in [-0.39, 0.29) is 11.9 Å². The first kappa shape index (κ1) is 14.5. The van der Waals surface area contributed by atoms with Crippen molar-refractivity contribution in [3.8, 4) is 0 Å². The number of rotatable bonds is 6. The molecule has 0 aromatic heterocycles. The molecule has 2 N–H and O–H groups in total. The molecule has 2 atom stereocenters. The van der Waals surface area contributed by atoms with Gasteiger partial charge in [0.1, 0.15) is 0 Å². The maximum atomic E-state index is 11.8. The van der Waals surface area contributed by atoms with Crippen molar-refractivity contribution in [1.29, 1.82) is 0 Å². The third-order valence-electron chi connectivity index (χ3n) is 3.29. The van der Waals surface area contributed by atoms with Crippen LogP contribution in [0.15, 0.2) is 0 Å². The average molecular weight is 241 g/mol. The Balaban J connectivity index is 2.14. The molecule has 4 heteroatoms. The molecule has 0 aromatic carbocycles. The Morgan fingerprint density at radius 3 is 2.88 bits per heavy atom. The maximum absolute atomic E-state index is 11.8. The van der Waals surface area contributed by atoms with Gasteiger partial charge in [-0.05, 0) is 65.8 Å². The van der Waals surface area contributed by atoms with Crippen LogP contribution < -0.4 is 10.6 Å². The molecule has 2 unspecified atom stereocenters. The molecule has 100 valence electrons. The van der Waals surface area contributed by atoms with Crippen LogP contribution in [0.1, 0.15) is 32.6 Å². The Labute approximate surface area is 105 Å². The number of hydrogen-bond acceptors (Lipinski definition) is 3. The fourth-order valence-corrected chi connectivity index (χ4v) is 2.22. The molecular weight excluding hydrogens is 214 g/mol. The monoisotopic (exact) mass is 241 g/mol. The van der Waals surface area contributed by atoms with Crippen molar-refractivity contribution in [3.05, 3.63) is 0 Å². The van der Waals surface area contributed by atoms with Gasteiger partial charge in [0.2, 0.25) is 5.91 Å².